The Morgan fingerprint density at radius 3 is 2.41 bits per heavy atom. The zero-order chi connectivity index (χ0) is 24.5. The summed E-state index contributed by atoms with van der Waals surface area (Å²) in [6.07, 6.45) is 6.98. The van der Waals surface area contributed by atoms with E-state index in [9.17, 15) is 0 Å². The van der Waals surface area contributed by atoms with Gasteiger partial charge in [0.05, 0.1) is 12.2 Å². The molecule has 0 radical (unpaired) electrons. The van der Waals surface area contributed by atoms with Crippen molar-refractivity contribution in [3.8, 4) is 11.1 Å². The van der Waals surface area contributed by atoms with Gasteiger partial charge in [-0.2, -0.15) is 0 Å². The molecule has 0 aromatic heterocycles. The van der Waals surface area contributed by atoms with E-state index in [4.69, 9.17) is 5.73 Å². The van der Waals surface area contributed by atoms with E-state index >= 15 is 0 Å². The molecule has 0 bridgehead atoms. The van der Waals surface area contributed by atoms with Crippen molar-refractivity contribution in [3.63, 3.8) is 0 Å². The Morgan fingerprint density at radius 2 is 1.79 bits per heavy atom. The van der Waals surface area contributed by atoms with Gasteiger partial charge in [-0.1, -0.05) is 57.2 Å². The zero-order valence-corrected chi connectivity index (χ0v) is 21.4. The predicted molar refractivity (Wildman–Crippen MR) is 147 cm³/mol. The molecule has 2 aromatic carbocycles. The van der Waals surface area contributed by atoms with Crippen molar-refractivity contribution in [3.05, 3.63) is 77.1 Å². The molecule has 1 aliphatic carbocycles. The maximum atomic E-state index is 5.77. The standard InChI is InChI=1S/C29H41N5/c1-6-8-21(3)34(15-7-2)20-29(32-5)33-19-22-9-13-26-23(16-22)10-11-24-17-25(12-14-27(24)26)28(18-30)31-4/h9,12-14,16-18,31H,3,6-8,10-11,15,19-20,30H2,1-2,4-5H3,(H,32,33)/b28-18-. The van der Waals surface area contributed by atoms with Crippen molar-refractivity contribution >= 4 is 11.5 Å². The van der Waals surface area contributed by atoms with E-state index in [1.165, 1.54) is 33.5 Å². The minimum atomic E-state index is 0.777. The number of amidine groups is 1. The third-order valence-electron chi connectivity index (χ3n) is 6.56. The summed E-state index contributed by atoms with van der Waals surface area (Å²) in [6, 6.07) is 13.5. The Hall–Kier alpha value is -3.21. The molecule has 0 heterocycles. The van der Waals surface area contributed by atoms with Crippen LogP contribution in [0.3, 0.4) is 0 Å². The Kier molecular flexibility index (Phi) is 9.20. The highest BCUT2D eigenvalue weighted by Crippen LogP contribution is 2.35. The first-order valence-corrected chi connectivity index (χ1v) is 12.5. The second-order valence-electron chi connectivity index (χ2n) is 8.96. The van der Waals surface area contributed by atoms with Crippen LogP contribution in [0.25, 0.3) is 16.8 Å². The topological polar surface area (TPSA) is 65.7 Å². The van der Waals surface area contributed by atoms with Gasteiger partial charge in [-0.3, -0.25) is 4.99 Å². The highest BCUT2D eigenvalue weighted by atomic mass is 15.2. The second kappa shape index (κ2) is 12.3. The number of benzene rings is 2. The molecule has 5 heteroatoms. The summed E-state index contributed by atoms with van der Waals surface area (Å²) in [5.41, 5.74) is 15.8. The maximum Gasteiger partial charge on any atom is 0.116 e. The summed E-state index contributed by atoms with van der Waals surface area (Å²) in [4.78, 5) is 6.88. The number of aliphatic imine (C=N–C) groups is 1. The number of allylic oxidation sites excluding steroid dienone is 1. The molecule has 1 aliphatic rings. The van der Waals surface area contributed by atoms with E-state index < -0.39 is 0 Å². The van der Waals surface area contributed by atoms with Gasteiger partial charge < -0.3 is 21.3 Å². The van der Waals surface area contributed by atoms with Gasteiger partial charge in [-0.25, -0.2) is 0 Å². The van der Waals surface area contributed by atoms with Crippen LogP contribution in [0.5, 0.6) is 0 Å². The molecule has 0 saturated carbocycles. The summed E-state index contributed by atoms with van der Waals surface area (Å²) < 4.78 is 0. The molecule has 0 saturated heterocycles. The van der Waals surface area contributed by atoms with Gasteiger partial charge in [0.25, 0.3) is 0 Å². The Morgan fingerprint density at radius 1 is 1.09 bits per heavy atom. The Bertz CT molecular complexity index is 1050. The second-order valence-corrected chi connectivity index (χ2v) is 8.96. The lowest BCUT2D eigenvalue weighted by atomic mass is 9.84. The van der Waals surface area contributed by atoms with Crippen LogP contribution in [-0.4, -0.2) is 37.9 Å². The molecule has 0 aliphatic heterocycles. The van der Waals surface area contributed by atoms with Gasteiger partial charge >= 0.3 is 0 Å². The van der Waals surface area contributed by atoms with Crippen LogP contribution in [0.15, 0.2) is 59.9 Å². The molecular formula is C29H41N5. The van der Waals surface area contributed by atoms with Gasteiger partial charge in [0.2, 0.25) is 0 Å². The molecule has 3 rings (SSSR count). The van der Waals surface area contributed by atoms with Gasteiger partial charge in [-0.15, -0.1) is 0 Å². The van der Waals surface area contributed by atoms with Crippen LogP contribution in [0.1, 0.15) is 55.4 Å². The Labute approximate surface area is 205 Å². The van der Waals surface area contributed by atoms with E-state index in [-0.39, 0.29) is 0 Å². The fraction of sp³-hybridized carbons (Fsp3) is 0.414. The van der Waals surface area contributed by atoms with Crippen LogP contribution in [0, 0.1) is 0 Å². The minimum absolute atomic E-state index is 0.777. The van der Waals surface area contributed by atoms with Crippen LogP contribution >= 0.6 is 0 Å². The summed E-state index contributed by atoms with van der Waals surface area (Å²) in [7, 11) is 3.77. The lowest BCUT2D eigenvalue weighted by molar-refractivity contribution is 0.372. The van der Waals surface area contributed by atoms with Crippen LogP contribution in [0.4, 0.5) is 0 Å². The number of fused-ring (bicyclic) bond motifs is 3. The third kappa shape index (κ3) is 6.02. The van der Waals surface area contributed by atoms with Gasteiger partial charge in [-0.05, 0) is 65.1 Å². The molecular weight excluding hydrogens is 418 g/mol. The molecule has 0 unspecified atom stereocenters. The number of nitrogens with one attached hydrogen (secondary N) is 2. The molecule has 5 nitrogen and oxygen atoms in total. The van der Waals surface area contributed by atoms with Gasteiger partial charge in [0, 0.05) is 39.1 Å². The van der Waals surface area contributed by atoms with Crippen LogP contribution in [0.2, 0.25) is 0 Å². The largest absolute Gasteiger partial charge is 0.403 e. The highest BCUT2D eigenvalue weighted by Gasteiger charge is 2.18. The molecule has 2 aromatic rings. The van der Waals surface area contributed by atoms with E-state index in [1.807, 2.05) is 14.1 Å². The molecule has 0 atom stereocenters. The molecule has 4 N–H and O–H groups in total. The maximum absolute atomic E-state index is 5.77. The first kappa shape index (κ1) is 25.4. The first-order chi connectivity index (χ1) is 16.5. The SMILES string of the molecule is C=C(CCC)N(CCC)CC(=NC)NCc1ccc2c(c1)CCc1cc(/C(=C/N)NC)ccc1-2. The number of hydrogen-bond acceptors (Lipinski definition) is 4. The summed E-state index contributed by atoms with van der Waals surface area (Å²) >= 11 is 0. The summed E-state index contributed by atoms with van der Waals surface area (Å²) in [6.45, 7) is 11.3. The van der Waals surface area contributed by atoms with E-state index in [2.05, 4.69) is 77.4 Å². The quantitative estimate of drug-likeness (QED) is 0.324. The van der Waals surface area contributed by atoms with Crippen molar-refractivity contribution in [2.24, 2.45) is 10.7 Å². The smallest absolute Gasteiger partial charge is 0.116 e. The minimum Gasteiger partial charge on any atom is -0.403 e. The van der Waals surface area contributed by atoms with E-state index in [0.717, 1.165) is 68.8 Å². The van der Waals surface area contributed by atoms with E-state index in [0.29, 0.717) is 0 Å². The normalized spacial score (nSPS) is 13.2. The number of rotatable bonds is 11. The van der Waals surface area contributed by atoms with Crippen molar-refractivity contribution in [2.75, 3.05) is 27.2 Å². The van der Waals surface area contributed by atoms with Crippen LogP contribution < -0.4 is 16.4 Å². The average molecular weight is 460 g/mol. The summed E-state index contributed by atoms with van der Waals surface area (Å²) in [5, 5.41) is 6.74. The number of nitrogens with two attached hydrogens (primary N) is 1. The summed E-state index contributed by atoms with van der Waals surface area (Å²) in [5.74, 6) is 1.01. The number of nitrogens with zero attached hydrogens (tertiary/aromatic N) is 2. The molecule has 0 fully saturated rings. The number of hydrogen-bond donors (Lipinski definition) is 3. The van der Waals surface area contributed by atoms with Gasteiger partial charge in [0.1, 0.15) is 5.84 Å². The Balaban J connectivity index is 1.70. The highest BCUT2D eigenvalue weighted by molar-refractivity contribution is 5.84. The molecule has 182 valence electrons. The zero-order valence-electron chi connectivity index (χ0n) is 21.4. The van der Waals surface area contributed by atoms with Crippen molar-refractivity contribution in [1.29, 1.82) is 0 Å². The van der Waals surface area contributed by atoms with Crippen molar-refractivity contribution in [1.82, 2.24) is 15.5 Å². The number of aryl methyl sites for hydroxylation is 2. The van der Waals surface area contributed by atoms with Crippen molar-refractivity contribution < 1.29 is 0 Å². The van der Waals surface area contributed by atoms with Crippen molar-refractivity contribution in [2.45, 2.75) is 52.5 Å². The fourth-order valence-corrected chi connectivity index (χ4v) is 4.71. The monoisotopic (exact) mass is 459 g/mol. The first-order valence-electron chi connectivity index (χ1n) is 12.5. The lowest BCUT2D eigenvalue weighted by Gasteiger charge is -2.27. The van der Waals surface area contributed by atoms with Crippen LogP contribution in [-0.2, 0) is 19.4 Å². The fourth-order valence-electron chi connectivity index (χ4n) is 4.71. The van der Waals surface area contributed by atoms with Gasteiger partial charge in [0.15, 0.2) is 0 Å². The third-order valence-corrected chi connectivity index (χ3v) is 6.56. The van der Waals surface area contributed by atoms with E-state index in [1.54, 1.807) is 6.20 Å². The molecule has 34 heavy (non-hydrogen) atoms. The average Bonchev–Trinajstić information content (AvgIpc) is 2.86. The molecule has 0 spiro atoms. The molecule has 0 amide bonds. The lowest BCUT2D eigenvalue weighted by Crippen LogP contribution is -2.37. The predicted octanol–water partition coefficient (Wildman–Crippen LogP) is 5.07.